The number of ketones is 1. The summed E-state index contributed by atoms with van der Waals surface area (Å²) in [6.07, 6.45) is 0. The average molecular weight is 372 g/mol. The van der Waals surface area contributed by atoms with Gasteiger partial charge in [0.05, 0.1) is 6.54 Å². The van der Waals surface area contributed by atoms with Gasteiger partial charge in [-0.3, -0.25) is 14.5 Å². The van der Waals surface area contributed by atoms with Crippen molar-refractivity contribution >= 4 is 17.4 Å². The van der Waals surface area contributed by atoms with Gasteiger partial charge in [-0.1, -0.05) is 72.8 Å². The van der Waals surface area contributed by atoms with Gasteiger partial charge in [-0.15, -0.1) is 0 Å². The zero-order valence-electron chi connectivity index (χ0n) is 16.0. The van der Waals surface area contributed by atoms with Crippen molar-refractivity contribution in [3.05, 3.63) is 102 Å². The van der Waals surface area contributed by atoms with Crippen molar-refractivity contribution in [1.82, 2.24) is 4.90 Å². The minimum Gasteiger partial charge on any atom is -0.325 e. The number of benzene rings is 3. The van der Waals surface area contributed by atoms with Gasteiger partial charge in [0.1, 0.15) is 0 Å². The number of nitrogens with zero attached hydrogens (tertiary/aromatic N) is 1. The summed E-state index contributed by atoms with van der Waals surface area (Å²) in [5.74, 6) is -0.126. The lowest BCUT2D eigenvalue weighted by Gasteiger charge is -2.22. The van der Waals surface area contributed by atoms with Crippen molar-refractivity contribution in [3.8, 4) is 0 Å². The van der Waals surface area contributed by atoms with E-state index in [0.29, 0.717) is 24.3 Å². The summed E-state index contributed by atoms with van der Waals surface area (Å²) >= 11 is 0. The van der Waals surface area contributed by atoms with Gasteiger partial charge in [-0.2, -0.15) is 0 Å². The Morgan fingerprint density at radius 3 is 1.89 bits per heavy atom. The Bertz CT molecular complexity index is 882. The molecule has 1 N–H and O–H groups in total. The van der Waals surface area contributed by atoms with Crippen molar-refractivity contribution in [2.24, 2.45) is 0 Å². The minimum atomic E-state index is -0.104. The van der Waals surface area contributed by atoms with Gasteiger partial charge in [0, 0.05) is 24.3 Å². The molecule has 0 radical (unpaired) electrons. The SMILES string of the molecule is CC(=O)c1cccc(NC(=O)CN(Cc2ccccc2)Cc2ccccc2)c1. The van der Waals surface area contributed by atoms with Crippen molar-refractivity contribution in [2.45, 2.75) is 20.0 Å². The van der Waals surface area contributed by atoms with Crippen molar-refractivity contribution in [3.63, 3.8) is 0 Å². The van der Waals surface area contributed by atoms with Crippen LogP contribution in [-0.2, 0) is 17.9 Å². The number of anilines is 1. The summed E-state index contributed by atoms with van der Waals surface area (Å²) in [6.45, 7) is 3.13. The molecule has 0 aliphatic heterocycles. The number of carbonyl (C=O) groups excluding carboxylic acids is 2. The van der Waals surface area contributed by atoms with E-state index >= 15 is 0 Å². The first kappa shape index (κ1) is 19.5. The third-order valence-corrected chi connectivity index (χ3v) is 4.42. The molecule has 0 atom stereocenters. The molecule has 0 saturated heterocycles. The molecule has 0 saturated carbocycles. The maximum Gasteiger partial charge on any atom is 0.238 e. The Kier molecular flexibility index (Phi) is 6.71. The van der Waals surface area contributed by atoms with Crippen LogP contribution in [0.15, 0.2) is 84.9 Å². The highest BCUT2D eigenvalue weighted by atomic mass is 16.2. The first-order valence-corrected chi connectivity index (χ1v) is 9.31. The molecule has 142 valence electrons. The van der Waals surface area contributed by atoms with E-state index < -0.39 is 0 Å². The summed E-state index contributed by atoms with van der Waals surface area (Å²) in [5.41, 5.74) is 3.54. The number of hydrogen-bond acceptors (Lipinski definition) is 3. The van der Waals surface area contributed by atoms with E-state index in [4.69, 9.17) is 0 Å². The fourth-order valence-electron chi connectivity index (χ4n) is 3.07. The lowest BCUT2D eigenvalue weighted by Crippen LogP contribution is -2.32. The molecule has 0 spiro atoms. The molecule has 3 aromatic carbocycles. The maximum atomic E-state index is 12.6. The number of rotatable bonds is 8. The Morgan fingerprint density at radius 1 is 0.786 bits per heavy atom. The maximum absolute atomic E-state index is 12.6. The second-order valence-corrected chi connectivity index (χ2v) is 6.80. The largest absolute Gasteiger partial charge is 0.325 e. The van der Waals surface area contributed by atoms with Gasteiger partial charge in [0.2, 0.25) is 5.91 Å². The number of hydrogen-bond donors (Lipinski definition) is 1. The van der Waals surface area contributed by atoms with Gasteiger partial charge in [-0.05, 0) is 30.2 Å². The highest BCUT2D eigenvalue weighted by Crippen LogP contribution is 2.13. The van der Waals surface area contributed by atoms with Crippen LogP contribution in [0.4, 0.5) is 5.69 Å². The standard InChI is InChI=1S/C24H24N2O2/c1-19(27)22-13-8-14-23(15-22)25-24(28)18-26(16-20-9-4-2-5-10-20)17-21-11-6-3-7-12-21/h2-15H,16-18H2,1H3,(H,25,28). The van der Waals surface area contributed by atoms with Gasteiger partial charge in [0.15, 0.2) is 5.78 Å². The molecule has 3 aromatic rings. The third-order valence-electron chi connectivity index (χ3n) is 4.42. The highest BCUT2D eigenvalue weighted by molar-refractivity contribution is 5.97. The Balaban J connectivity index is 1.69. The van der Waals surface area contributed by atoms with Crippen LogP contribution < -0.4 is 5.32 Å². The first-order chi connectivity index (χ1) is 13.6. The summed E-state index contributed by atoms with van der Waals surface area (Å²) in [5, 5.41) is 2.91. The minimum absolute atomic E-state index is 0.0223. The second-order valence-electron chi connectivity index (χ2n) is 6.80. The predicted molar refractivity (Wildman–Crippen MR) is 112 cm³/mol. The molecule has 0 aliphatic carbocycles. The molecule has 1 amide bonds. The average Bonchev–Trinajstić information content (AvgIpc) is 2.69. The summed E-state index contributed by atoms with van der Waals surface area (Å²) in [6, 6.07) is 27.3. The van der Waals surface area contributed by atoms with Crippen LogP contribution in [0.1, 0.15) is 28.4 Å². The Labute approximate surface area is 165 Å². The van der Waals surface area contributed by atoms with Crippen LogP contribution >= 0.6 is 0 Å². The highest BCUT2D eigenvalue weighted by Gasteiger charge is 2.13. The molecule has 4 nitrogen and oxygen atoms in total. The lowest BCUT2D eigenvalue weighted by atomic mass is 10.1. The summed E-state index contributed by atoms with van der Waals surface area (Å²) in [7, 11) is 0. The van der Waals surface area contributed by atoms with Gasteiger partial charge >= 0.3 is 0 Å². The molecule has 4 heteroatoms. The lowest BCUT2D eigenvalue weighted by molar-refractivity contribution is -0.117. The molecule has 0 unspecified atom stereocenters. The first-order valence-electron chi connectivity index (χ1n) is 9.31. The fourth-order valence-corrected chi connectivity index (χ4v) is 3.07. The Hall–Kier alpha value is -3.24. The van der Waals surface area contributed by atoms with Crippen LogP contribution in [0.25, 0.3) is 0 Å². The van der Waals surface area contributed by atoms with E-state index in [-0.39, 0.29) is 18.2 Å². The predicted octanol–water partition coefficient (Wildman–Crippen LogP) is 4.53. The number of amides is 1. The number of Topliss-reactive ketones (excluding diaryl/α,β-unsaturated/α-hetero) is 1. The summed E-state index contributed by atoms with van der Waals surface area (Å²) in [4.78, 5) is 26.3. The molecule has 0 aliphatic rings. The van der Waals surface area contributed by atoms with E-state index in [1.54, 1.807) is 24.3 Å². The van der Waals surface area contributed by atoms with Crippen molar-refractivity contribution < 1.29 is 9.59 Å². The monoisotopic (exact) mass is 372 g/mol. The molecule has 0 aromatic heterocycles. The zero-order chi connectivity index (χ0) is 19.8. The quantitative estimate of drug-likeness (QED) is 0.591. The zero-order valence-corrected chi connectivity index (χ0v) is 16.0. The normalized spacial score (nSPS) is 10.6. The van der Waals surface area contributed by atoms with Crippen LogP contribution in [0.2, 0.25) is 0 Å². The van der Waals surface area contributed by atoms with E-state index in [9.17, 15) is 9.59 Å². The molecule has 3 rings (SSSR count). The van der Waals surface area contributed by atoms with E-state index in [1.807, 2.05) is 36.4 Å². The fraction of sp³-hybridized carbons (Fsp3) is 0.167. The smallest absolute Gasteiger partial charge is 0.238 e. The Morgan fingerprint density at radius 2 is 1.36 bits per heavy atom. The molecular formula is C24H24N2O2. The van der Waals surface area contributed by atoms with E-state index in [1.165, 1.54) is 6.92 Å². The number of nitrogens with one attached hydrogen (secondary N) is 1. The molecular weight excluding hydrogens is 348 g/mol. The topological polar surface area (TPSA) is 49.4 Å². The van der Waals surface area contributed by atoms with Crippen LogP contribution in [0.3, 0.4) is 0 Å². The van der Waals surface area contributed by atoms with E-state index in [2.05, 4.69) is 34.5 Å². The molecule has 0 fully saturated rings. The van der Waals surface area contributed by atoms with E-state index in [0.717, 1.165) is 11.1 Å². The van der Waals surface area contributed by atoms with Crippen LogP contribution in [0, 0.1) is 0 Å². The molecule has 0 bridgehead atoms. The van der Waals surface area contributed by atoms with Crippen molar-refractivity contribution in [2.75, 3.05) is 11.9 Å². The van der Waals surface area contributed by atoms with Gasteiger partial charge in [-0.25, -0.2) is 0 Å². The van der Waals surface area contributed by atoms with Crippen LogP contribution in [-0.4, -0.2) is 23.1 Å². The number of carbonyl (C=O) groups is 2. The third kappa shape index (κ3) is 5.89. The molecule has 28 heavy (non-hydrogen) atoms. The second kappa shape index (κ2) is 9.62. The van der Waals surface area contributed by atoms with Gasteiger partial charge in [0.25, 0.3) is 0 Å². The van der Waals surface area contributed by atoms with Crippen molar-refractivity contribution in [1.29, 1.82) is 0 Å². The van der Waals surface area contributed by atoms with Crippen LogP contribution in [0.5, 0.6) is 0 Å². The summed E-state index contributed by atoms with van der Waals surface area (Å²) < 4.78 is 0. The van der Waals surface area contributed by atoms with Gasteiger partial charge < -0.3 is 5.32 Å². The molecule has 0 heterocycles.